The van der Waals surface area contributed by atoms with Crippen LogP contribution in [0.2, 0.25) is 0 Å². The highest BCUT2D eigenvalue weighted by Crippen LogP contribution is 2.33. The lowest BCUT2D eigenvalue weighted by Crippen LogP contribution is -2.32. The number of carbonyl (C=O) groups excluding carboxylic acids is 1. The number of rotatable bonds is 5. The molecule has 0 aliphatic carbocycles. The maximum Gasteiger partial charge on any atom is 0.227 e. The maximum absolute atomic E-state index is 12.8. The zero-order valence-corrected chi connectivity index (χ0v) is 14.8. The van der Waals surface area contributed by atoms with Gasteiger partial charge in [-0.1, -0.05) is 12.1 Å². The summed E-state index contributed by atoms with van der Waals surface area (Å²) in [5.74, 6) is 2.77. The van der Waals surface area contributed by atoms with Crippen molar-refractivity contribution < 1.29 is 9.53 Å². The number of hydrogen-bond acceptors (Lipinski definition) is 4. The van der Waals surface area contributed by atoms with Crippen LogP contribution >= 0.6 is 0 Å². The van der Waals surface area contributed by atoms with Gasteiger partial charge in [0.05, 0.1) is 19.6 Å². The molecule has 0 radical (unpaired) electrons. The van der Waals surface area contributed by atoms with Crippen molar-refractivity contribution in [2.24, 2.45) is 18.9 Å². The number of aromatic nitrogens is 2. The number of nitrogens with zero attached hydrogens (tertiary/aromatic N) is 4. The molecule has 0 bridgehead atoms. The Hall–Kier alpha value is -2.34. The van der Waals surface area contributed by atoms with Gasteiger partial charge in [-0.05, 0) is 17.7 Å². The molecule has 2 aliphatic heterocycles. The van der Waals surface area contributed by atoms with E-state index < -0.39 is 0 Å². The third kappa shape index (κ3) is 3.14. The first-order chi connectivity index (χ1) is 12.1. The lowest BCUT2D eigenvalue weighted by molar-refractivity contribution is -0.131. The van der Waals surface area contributed by atoms with Gasteiger partial charge in [0.1, 0.15) is 11.6 Å². The minimum atomic E-state index is 0.138. The number of hydrogen-bond donors (Lipinski definition) is 0. The van der Waals surface area contributed by atoms with Crippen LogP contribution in [0.3, 0.4) is 0 Å². The van der Waals surface area contributed by atoms with Crippen LogP contribution in [0.4, 0.5) is 0 Å². The quantitative estimate of drug-likeness (QED) is 0.828. The summed E-state index contributed by atoms with van der Waals surface area (Å²) in [7, 11) is 3.68. The van der Waals surface area contributed by atoms with E-state index in [1.54, 1.807) is 7.11 Å². The smallest absolute Gasteiger partial charge is 0.227 e. The molecular formula is C19H24N4O2. The molecule has 2 aliphatic rings. The first-order valence-corrected chi connectivity index (χ1v) is 8.74. The van der Waals surface area contributed by atoms with E-state index in [4.69, 9.17) is 4.74 Å². The molecule has 25 heavy (non-hydrogen) atoms. The number of amides is 1. The molecule has 4 rings (SSSR count). The molecule has 2 fully saturated rings. The van der Waals surface area contributed by atoms with Gasteiger partial charge in [0.25, 0.3) is 0 Å². The van der Waals surface area contributed by atoms with E-state index in [1.165, 1.54) is 0 Å². The van der Waals surface area contributed by atoms with Crippen LogP contribution in [-0.2, 0) is 24.9 Å². The fourth-order valence-corrected chi connectivity index (χ4v) is 4.00. The fraction of sp³-hybridized carbons (Fsp3) is 0.474. The number of ether oxygens (including phenoxy) is 1. The Morgan fingerprint density at radius 3 is 2.60 bits per heavy atom. The van der Waals surface area contributed by atoms with Gasteiger partial charge in [-0.3, -0.25) is 9.69 Å². The van der Waals surface area contributed by atoms with Crippen LogP contribution in [-0.4, -0.2) is 52.0 Å². The van der Waals surface area contributed by atoms with Gasteiger partial charge in [0.15, 0.2) is 0 Å². The minimum Gasteiger partial charge on any atom is -0.497 e. The molecule has 2 atom stereocenters. The van der Waals surface area contributed by atoms with Crippen LogP contribution in [0.5, 0.6) is 5.75 Å². The van der Waals surface area contributed by atoms with Crippen LogP contribution in [0.15, 0.2) is 36.7 Å². The summed E-state index contributed by atoms with van der Waals surface area (Å²) in [5, 5.41) is 0. The second kappa shape index (κ2) is 6.52. The van der Waals surface area contributed by atoms with Gasteiger partial charge < -0.3 is 14.2 Å². The number of imidazole rings is 1. The Morgan fingerprint density at radius 2 is 1.96 bits per heavy atom. The van der Waals surface area contributed by atoms with Gasteiger partial charge in [0.2, 0.25) is 5.91 Å². The number of aryl methyl sites for hydroxylation is 1. The van der Waals surface area contributed by atoms with Gasteiger partial charge in [-0.25, -0.2) is 4.98 Å². The molecule has 3 heterocycles. The third-order valence-corrected chi connectivity index (χ3v) is 5.42. The van der Waals surface area contributed by atoms with Crippen LogP contribution in [0, 0.1) is 11.8 Å². The van der Waals surface area contributed by atoms with Crippen molar-refractivity contribution >= 4 is 5.91 Å². The van der Waals surface area contributed by atoms with Crippen LogP contribution < -0.4 is 4.74 Å². The molecule has 0 N–H and O–H groups in total. The molecule has 0 unspecified atom stereocenters. The third-order valence-electron chi connectivity index (χ3n) is 5.42. The van der Waals surface area contributed by atoms with Gasteiger partial charge >= 0.3 is 0 Å². The van der Waals surface area contributed by atoms with Crippen molar-refractivity contribution in [3.63, 3.8) is 0 Å². The Balaban J connectivity index is 1.36. The predicted molar refractivity (Wildman–Crippen MR) is 93.9 cm³/mol. The Morgan fingerprint density at radius 1 is 1.16 bits per heavy atom. The van der Waals surface area contributed by atoms with Gasteiger partial charge in [-0.15, -0.1) is 0 Å². The van der Waals surface area contributed by atoms with E-state index in [-0.39, 0.29) is 5.92 Å². The van der Waals surface area contributed by atoms with E-state index in [2.05, 4.69) is 9.88 Å². The van der Waals surface area contributed by atoms with E-state index in [1.807, 2.05) is 53.2 Å². The van der Waals surface area contributed by atoms with E-state index >= 15 is 0 Å². The second-order valence-electron chi connectivity index (χ2n) is 7.08. The normalized spacial score (nSPS) is 23.3. The van der Waals surface area contributed by atoms with Crippen molar-refractivity contribution in [3.8, 4) is 5.75 Å². The Labute approximate surface area is 148 Å². The summed E-state index contributed by atoms with van der Waals surface area (Å²) in [6, 6.07) is 7.97. The summed E-state index contributed by atoms with van der Waals surface area (Å²) < 4.78 is 7.24. The largest absolute Gasteiger partial charge is 0.497 e. The number of fused-ring (bicyclic) bond motifs is 1. The molecule has 6 nitrogen and oxygen atoms in total. The first-order valence-electron chi connectivity index (χ1n) is 8.74. The fourth-order valence-electron chi connectivity index (χ4n) is 4.00. The molecule has 6 heteroatoms. The molecule has 1 aromatic heterocycles. The number of likely N-dealkylation sites (tertiary alicyclic amines) is 2. The molecule has 1 aromatic carbocycles. The van der Waals surface area contributed by atoms with Crippen molar-refractivity contribution in [1.29, 1.82) is 0 Å². The van der Waals surface area contributed by atoms with E-state index in [0.717, 1.165) is 43.3 Å². The van der Waals surface area contributed by atoms with Crippen molar-refractivity contribution in [2.45, 2.75) is 13.1 Å². The van der Waals surface area contributed by atoms with Crippen LogP contribution in [0.25, 0.3) is 0 Å². The van der Waals surface area contributed by atoms with Crippen molar-refractivity contribution in [3.05, 3.63) is 48.0 Å². The molecule has 2 saturated heterocycles. The highest BCUT2D eigenvalue weighted by Gasteiger charge is 2.46. The molecule has 2 aromatic rings. The lowest BCUT2D eigenvalue weighted by atomic mass is 10.0. The number of benzene rings is 1. The number of carbonyl (C=O) groups is 1. The summed E-state index contributed by atoms with van der Waals surface area (Å²) in [5.41, 5.74) is 1.15. The predicted octanol–water partition coefficient (Wildman–Crippen LogP) is 1.52. The summed E-state index contributed by atoms with van der Waals surface area (Å²) in [6.45, 7) is 4.18. The molecule has 0 saturated carbocycles. The Bertz CT molecular complexity index is 755. The topological polar surface area (TPSA) is 50.6 Å². The first kappa shape index (κ1) is 16.1. The molecule has 132 valence electrons. The van der Waals surface area contributed by atoms with Gasteiger partial charge in [-0.2, -0.15) is 0 Å². The second-order valence-corrected chi connectivity index (χ2v) is 7.08. The zero-order valence-electron chi connectivity index (χ0n) is 14.8. The molecule has 1 amide bonds. The lowest BCUT2D eigenvalue weighted by Gasteiger charge is -2.21. The van der Waals surface area contributed by atoms with E-state index in [9.17, 15) is 4.79 Å². The number of methoxy groups -OCH3 is 1. The maximum atomic E-state index is 12.8. The highest BCUT2D eigenvalue weighted by molar-refractivity contribution is 5.82. The molecule has 0 spiro atoms. The molecular weight excluding hydrogens is 316 g/mol. The van der Waals surface area contributed by atoms with E-state index in [0.29, 0.717) is 18.4 Å². The monoisotopic (exact) mass is 340 g/mol. The Kier molecular flexibility index (Phi) is 4.21. The highest BCUT2D eigenvalue weighted by atomic mass is 16.5. The van der Waals surface area contributed by atoms with Crippen molar-refractivity contribution in [1.82, 2.24) is 19.4 Å². The standard InChI is InChI=1S/C19H24N4O2/c1-21-8-7-20-18(21)13-22-10-15-11-23(19(24)17(15)12-22)9-14-3-5-16(25-2)6-4-14/h3-8,15,17H,9-13H2,1-2H3/t15-,17-/m0/s1. The zero-order chi connectivity index (χ0) is 17.4. The average molecular weight is 340 g/mol. The minimum absolute atomic E-state index is 0.138. The van der Waals surface area contributed by atoms with Gasteiger partial charge in [0, 0.05) is 51.5 Å². The summed E-state index contributed by atoms with van der Waals surface area (Å²) >= 11 is 0. The SMILES string of the molecule is COc1ccc(CN2C[C@@H]3CN(Cc4nccn4C)C[C@@H]3C2=O)cc1. The van der Waals surface area contributed by atoms with Crippen LogP contribution in [0.1, 0.15) is 11.4 Å². The summed E-state index contributed by atoms with van der Waals surface area (Å²) in [6.07, 6.45) is 3.79. The average Bonchev–Trinajstić information content (AvgIpc) is 3.27. The van der Waals surface area contributed by atoms with Crippen molar-refractivity contribution in [2.75, 3.05) is 26.7 Å². The summed E-state index contributed by atoms with van der Waals surface area (Å²) in [4.78, 5) is 21.5.